The maximum atomic E-state index is 11.9. The van der Waals surface area contributed by atoms with E-state index in [0.717, 1.165) is 8.66 Å². The first-order chi connectivity index (χ1) is 11.6. The maximum absolute atomic E-state index is 11.9. The lowest BCUT2D eigenvalue weighted by Crippen LogP contribution is -2.20. The Hall–Kier alpha value is -2.39. The van der Waals surface area contributed by atoms with E-state index in [1.54, 1.807) is 31.4 Å². The summed E-state index contributed by atoms with van der Waals surface area (Å²) in [6.07, 6.45) is 0. The van der Waals surface area contributed by atoms with Crippen molar-refractivity contribution >= 4 is 39.2 Å². The van der Waals surface area contributed by atoms with E-state index < -0.39 is 5.91 Å². The number of carbonyl (C=O) groups is 1. The van der Waals surface area contributed by atoms with Crippen LogP contribution in [0.1, 0.15) is 0 Å². The quantitative estimate of drug-likeness (QED) is 0.669. The third kappa shape index (κ3) is 4.12. The van der Waals surface area contributed by atoms with Crippen LogP contribution in [-0.2, 0) is 4.79 Å². The number of anilines is 1. The molecule has 0 aliphatic heterocycles. The summed E-state index contributed by atoms with van der Waals surface area (Å²) in [5.41, 5.74) is 0. The molecule has 0 aliphatic rings. The molecule has 0 atom stereocenters. The van der Waals surface area contributed by atoms with Gasteiger partial charge in [0.05, 0.1) is 15.8 Å². The summed E-state index contributed by atoms with van der Waals surface area (Å²) in [7, 11) is 1.56. The van der Waals surface area contributed by atoms with Crippen LogP contribution in [0.5, 0.6) is 11.5 Å². The van der Waals surface area contributed by atoms with E-state index in [-0.39, 0.29) is 12.6 Å². The van der Waals surface area contributed by atoms with Crippen molar-refractivity contribution in [1.29, 1.82) is 0 Å². The van der Waals surface area contributed by atoms with Gasteiger partial charge in [-0.2, -0.15) is 0 Å². The molecule has 3 aromatic rings. The van der Waals surface area contributed by atoms with Gasteiger partial charge in [-0.3, -0.25) is 10.1 Å². The summed E-state index contributed by atoms with van der Waals surface area (Å²) in [5.74, 6) is 1.12. The van der Waals surface area contributed by atoms with Crippen LogP contribution in [0.2, 0.25) is 0 Å². The topological polar surface area (TPSA) is 86.5 Å². The minimum atomic E-state index is -0.402. The summed E-state index contributed by atoms with van der Waals surface area (Å²) in [5, 5.41) is 10.2. The fraction of sp³-hybridized carbons (Fsp3) is 0.133. The van der Waals surface area contributed by atoms with Crippen LogP contribution in [0.3, 0.4) is 0 Å². The molecule has 0 saturated carbocycles. The zero-order chi connectivity index (χ0) is 16.9. The monoisotopic (exact) mass is 409 g/mol. The number of aromatic nitrogens is 2. The van der Waals surface area contributed by atoms with E-state index >= 15 is 0 Å². The van der Waals surface area contributed by atoms with Gasteiger partial charge in [0.1, 0.15) is 11.5 Å². The Morgan fingerprint density at radius 3 is 2.88 bits per heavy atom. The van der Waals surface area contributed by atoms with E-state index in [1.165, 1.54) is 11.3 Å². The number of benzene rings is 1. The Kier molecular flexibility index (Phi) is 5.11. The molecule has 0 spiro atoms. The van der Waals surface area contributed by atoms with E-state index in [2.05, 4.69) is 31.4 Å². The number of hydrogen-bond donors (Lipinski definition) is 1. The first kappa shape index (κ1) is 16.5. The molecule has 0 bridgehead atoms. The Morgan fingerprint density at radius 2 is 2.12 bits per heavy atom. The van der Waals surface area contributed by atoms with Gasteiger partial charge in [-0.05, 0) is 40.2 Å². The highest BCUT2D eigenvalue weighted by Crippen LogP contribution is 2.30. The van der Waals surface area contributed by atoms with Crippen molar-refractivity contribution in [3.05, 3.63) is 40.2 Å². The van der Waals surface area contributed by atoms with Crippen molar-refractivity contribution < 1.29 is 18.7 Å². The molecule has 9 heteroatoms. The molecule has 3 rings (SSSR count). The molecule has 1 N–H and O–H groups in total. The first-order valence-corrected chi connectivity index (χ1v) is 8.41. The molecule has 7 nitrogen and oxygen atoms in total. The van der Waals surface area contributed by atoms with Gasteiger partial charge in [-0.25, -0.2) is 0 Å². The number of amides is 1. The van der Waals surface area contributed by atoms with Crippen molar-refractivity contribution in [3.8, 4) is 22.3 Å². The predicted octanol–water partition coefficient (Wildman–Crippen LogP) is 3.59. The van der Waals surface area contributed by atoms with Gasteiger partial charge in [0.2, 0.25) is 0 Å². The van der Waals surface area contributed by atoms with Gasteiger partial charge in [-0.15, -0.1) is 16.4 Å². The third-order valence-corrected chi connectivity index (χ3v) is 4.48. The average Bonchev–Trinajstić information content (AvgIpc) is 3.22. The largest absolute Gasteiger partial charge is 0.497 e. The second kappa shape index (κ2) is 7.45. The lowest BCUT2D eigenvalue weighted by molar-refractivity contribution is -0.118. The maximum Gasteiger partial charge on any atom is 0.322 e. The van der Waals surface area contributed by atoms with E-state index in [1.807, 2.05) is 12.1 Å². The molecule has 0 radical (unpaired) electrons. The van der Waals surface area contributed by atoms with Gasteiger partial charge in [0.25, 0.3) is 11.8 Å². The molecule has 2 heterocycles. The van der Waals surface area contributed by atoms with Crippen molar-refractivity contribution in [2.45, 2.75) is 0 Å². The Balaban J connectivity index is 1.56. The van der Waals surface area contributed by atoms with Crippen molar-refractivity contribution in [3.63, 3.8) is 0 Å². The number of nitrogens with zero attached hydrogens (tertiary/aromatic N) is 2. The Morgan fingerprint density at radius 1 is 1.29 bits per heavy atom. The SMILES string of the molecule is COc1cccc(OCC(=O)Nc2nnc(-c3ccc(Br)s3)o2)c1. The molecule has 2 aromatic heterocycles. The minimum absolute atomic E-state index is 0.0220. The fourth-order valence-electron chi connectivity index (χ4n) is 1.80. The third-order valence-electron chi connectivity index (χ3n) is 2.87. The highest BCUT2D eigenvalue weighted by atomic mass is 79.9. The highest BCUT2D eigenvalue weighted by molar-refractivity contribution is 9.11. The first-order valence-electron chi connectivity index (χ1n) is 6.80. The molecular formula is C15H12BrN3O4S. The van der Waals surface area contributed by atoms with Crippen LogP contribution < -0.4 is 14.8 Å². The molecule has 0 aliphatic carbocycles. The summed E-state index contributed by atoms with van der Waals surface area (Å²) in [4.78, 5) is 12.7. The minimum Gasteiger partial charge on any atom is -0.497 e. The van der Waals surface area contributed by atoms with Crippen LogP contribution in [0.25, 0.3) is 10.8 Å². The van der Waals surface area contributed by atoms with Crippen molar-refractivity contribution in [2.75, 3.05) is 19.0 Å². The number of nitrogens with one attached hydrogen (secondary N) is 1. The molecule has 1 amide bonds. The standard InChI is InChI=1S/C15H12BrN3O4S/c1-21-9-3-2-4-10(7-9)22-8-13(20)17-15-19-18-14(23-15)11-5-6-12(16)24-11/h2-7H,8H2,1H3,(H,17,19,20). The van der Waals surface area contributed by atoms with Gasteiger partial charge in [-0.1, -0.05) is 11.2 Å². The van der Waals surface area contributed by atoms with Crippen LogP contribution in [0.4, 0.5) is 6.01 Å². The average molecular weight is 410 g/mol. The second-order valence-electron chi connectivity index (χ2n) is 4.53. The summed E-state index contributed by atoms with van der Waals surface area (Å²) in [6.45, 7) is -0.185. The van der Waals surface area contributed by atoms with Crippen molar-refractivity contribution in [2.24, 2.45) is 0 Å². The highest BCUT2D eigenvalue weighted by Gasteiger charge is 2.13. The number of thiophene rings is 1. The van der Waals surface area contributed by atoms with Crippen molar-refractivity contribution in [1.82, 2.24) is 10.2 Å². The zero-order valence-corrected chi connectivity index (χ0v) is 14.9. The van der Waals surface area contributed by atoms with Gasteiger partial charge < -0.3 is 13.9 Å². The van der Waals surface area contributed by atoms with Crippen LogP contribution in [-0.4, -0.2) is 29.8 Å². The van der Waals surface area contributed by atoms with Crippen LogP contribution in [0.15, 0.2) is 44.6 Å². The Labute approximate surface area is 149 Å². The molecular weight excluding hydrogens is 398 g/mol. The molecule has 0 unspecified atom stereocenters. The van der Waals surface area contributed by atoms with E-state index in [0.29, 0.717) is 17.4 Å². The van der Waals surface area contributed by atoms with Gasteiger partial charge >= 0.3 is 6.01 Å². The number of carbonyl (C=O) groups excluding carboxylic acids is 1. The normalized spacial score (nSPS) is 10.4. The lowest BCUT2D eigenvalue weighted by atomic mass is 10.3. The fourth-order valence-corrected chi connectivity index (χ4v) is 3.11. The molecule has 24 heavy (non-hydrogen) atoms. The Bertz CT molecular complexity index is 849. The zero-order valence-electron chi connectivity index (χ0n) is 12.5. The predicted molar refractivity (Wildman–Crippen MR) is 92.4 cm³/mol. The second-order valence-corrected chi connectivity index (χ2v) is 6.99. The lowest BCUT2D eigenvalue weighted by Gasteiger charge is -2.06. The summed E-state index contributed by atoms with van der Waals surface area (Å²) < 4.78 is 16.8. The molecule has 0 fully saturated rings. The smallest absolute Gasteiger partial charge is 0.322 e. The van der Waals surface area contributed by atoms with E-state index in [9.17, 15) is 4.79 Å². The number of rotatable bonds is 6. The number of halogens is 1. The summed E-state index contributed by atoms with van der Waals surface area (Å²) in [6, 6.07) is 10.7. The molecule has 0 saturated heterocycles. The number of methoxy groups -OCH3 is 1. The summed E-state index contributed by atoms with van der Waals surface area (Å²) >= 11 is 4.82. The number of ether oxygens (including phenoxy) is 2. The van der Waals surface area contributed by atoms with E-state index in [4.69, 9.17) is 13.9 Å². The molecule has 1 aromatic carbocycles. The van der Waals surface area contributed by atoms with Crippen LogP contribution in [0, 0.1) is 0 Å². The van der Waals surface area contributed by atoms with Gasteiger partial charge in [0, 0.05) is 6.07 Å². The van der Waals surface area contributed by atoms with Gasteiger partial charge in [0.15, 0.2) is 6.61 Å². The van der Waals surface area contributed by atoms with Crippen LogP contribution >= 0.6 is 27.3 Å². The molecule has 124 valence electrons. The number of hydrogen-bond acceptors (Lipinski definition) is 7.